The maximum atomic E-state index is 6.01. The monoisotopic (exact) mass is 268 g/mol. The molecule has 1 rings (SSSR count). The molecule has 0 fully saturated rings. The van der Waals surface area contributed by atoms with Crippen molar-refractivity contribution in [3.05, 3.63) is 5.82 Å². The second-order valence-electron chi connectivity index (χ2n) is 4.16. The molecule has 0 amide bonds. The van der Waals surface area contributed by atoms with Gasteiger partial charge in [0.25, 0.3) is 0 Å². The summed E-state index contributed by atoms with van der Waals surface area (Å²) < 4.78 is 10.5. The lowest BCUT2D eigenvalue weighted by molar-refractivity contribution is 0.198. The molecule has 0 saturated carbocycles. The van der Waals surface area contributed by atoms with Crippen molar-refractivity contribution in [1.82, 2.24) is 9.97 Å². The fraction of sp³-hybridized carbons (Fsp3) is 0.692. The summed E-state index contributed by atoms with van der Waals surface area (Å²) in [4.78, 5) is 8.77. The van der Waals surface area contributed by atoms with E-state index in [0.29, 0.717) is 30.6 Å². The highest BCUT2D eigenvalue weighted by atomic mass is 16.5. The predicted molar refractivity (Wildman–Crippen MR) is 76.6 cm³/mol. The highest BCUT2D eigenvalue weighted by molar-refractivity contribution is 5.66. The molecular formula is C13H24N4O2. The van der Waals surface area contributed by atoms with E-state index in [-0.39, 0.29) is 0 Å². The highest BCUT2D eigenvalue weighted by Gasteiger charge is 2.12. The zero-order valence-corrected chi connectivity index (χ0v) is 12.0. The smallest absolute Gasteiger partial charge is 0.242 e. The second-order valence-corrected chi connectivity index (χ2v) is 4.16. The maximum Gasteiger partial charge on any atom is 0.242 e. The van der Waals surface area contributed by atoms with E-state index < -0.39 is 0 Å². The lowest BCUT2D eigenvalue weighted by atomic mass is 10.3. The Kier molecular flexibility index (Phi) is 6.95. The molecule has 0 aliphatic heterocycles. The van der Waals surface area contributed by atoms with E-state index in [1.54, 1.807) is 7.11 Å². The fourth-order valence-electron chi connectivity index (χ4n) is 1.63. The van der Waals surface area contributed by atoms with Gasteiger partial charge in [-0.15, -0.1) is 0 Å². The van der Waals surface area contributed by atoms with Crippen molar-refractivity contribution in [3.63, 3.8) is 0 Å². The first kappa shape index (κ1) is 15.5. The summed E-state index contributed by atoms with van der Waals surface area (Å²) in [6.45, 7) is 6.00. The summed E-state index contributed by atoms with van der Waals surface area (Å²) in [6.07, 6.45) is 2.69. The third-order valence-corrected chi connectivity index (χ3v) is 2.53. The van der Waals surface area contributed by atoms with Crippen LogP contribution in [0, 0.1) is 0 Å². The Morgan fingerprint density at radius 1 is 1.26 bits per heavy atom. The number of nitrogen functional groups attached to an aromatic ring is 1. The minimum Gasteiger partial charge on any atom is -0.476 e. The molecule has 0 aliphatic rings. The number of nitrogens with zero attached hydrogens (tertiary/aromatic N) is 2. The van der Waals surface area contributed by atoms with Crippen LogP contribution in [0.5, 0.6) is 5.88 Å². The Hall–Kier alpha value is -1.56. The Bertz CT molecular complexity index is 385. The van der Waals surface area contributed by atoms with Gasteiger partial charge < -0.3 is 20.5 Å². The molecule has 0 saturated heterocycles. The number of methoxy groups -OCH3 is 1. The van der Waals surface area contributed by atoms with Gasteiger partial charge in [-0.1, -0.05) is 6.92 Å². The summed E-state index contributed by atoms with van der Waals surface area (Å²) in [5.41, 5.74) is 6.48. The third kappa shape index (κ3) is 4.90. The topological polar surface area (TPSA) is 82.3 Å². The van der Waals surface area contributed by atoms with E-state index in [1.807, 2.05) is 6.92 Å². The van der Waals surface area contributed by atoms with Crippen LogP contribution in [0.15, 0.2) is 0 Å². The number of nitrogens with one attached hydrogen (secondary N) is 1. The Labute approximate surface area is 114 Å². The lowest BCUT2D eigenvalue weighted by Crippen LogP contribution is -2.12. The molecule has 0 bridgehead atoms. The molecule has 6 nitrogen and oxygen atoms in total. The van der Waals surface area contributed by atoms with Crippen molar-refractivity contribution in [1.29, 1.82) is 0 Å². The number of hydrogen-bond donors (Lipinski definition) is 2. The number of aromatic nitrogens is 2. The number of aryl methyl sites for hydroxylation is 1. The Balaban J connectivity index is 2.80. The molecule has 0 spiro atoms. The predicted octanol–water partition coefficient (Wildman–Crippen LogP) is 1.86. The first-order valence-electron chi connectivity index (χ1n) is 6.74. The summed E-state index contributed by atoms with van der Waals surface area (Å²) in [7, 11) is 1.69. The molecular weight excluding hydrogens is 244 g/mol. The van der Waals surface area contributed by atoms with Crippen molar-refractivity contribution in [3.8, 4) is 5.88 Å². The van der Waals surface area contributed by atoms with E-state index in [9.17, 15) is 0 Å². The molecule has 3 N–H and O–H groups in total. The second kappa shape index (κ2) is 8.53. The van der Waals surface area contributed by atoms with Crippen molar-refractivity contribution >= 4 is 11.5 Å². The molecule has 0 atom stereocenters. The van der Waals surface area contributed by atoms with Crippen LogP contribution in [-0.2, 0) is 11.2 Å². The number of rotatable bonds is 9. The van der Waals surface area contributed by atoms with E-state index in [2.05, 4.69) is 22.2 Å². The van der Waals surface area contributed by atoms with Gasteiger partial charge in [0.15, 0.2) is 5.82 Å². The summed E-state index contributed by atoms with van der Waals surface area (Å²) in [6, 6.07) is 0. The van der Waals surface area contributed by atoms with Crippen molar-refractivity contribution < 1.29 is 9.47 Å². The molecule has 0 unspecified atom stereocenters. The van der Waals surface area contributed by atoms with Gasteiger partial charge in [-0.2, -0.15) is 4.98 Å². The van der Waals surface area contributed by atoms with Crippen LogP contribution in [0.2, 0.25) is 0 Å². The van der Waals surface area contributed by atoms with Crippen molar-refractivity contribution in [2.24, 2.45) is 0 Å². The van der Waals surface area contributed by atoms with Gasteiger partial charge in [0.1, 0.15) is 11.5 Å². The molecule has 19 heavy (non-hydrogen) atoms. The molecule has 1 aromatic heterocycles. The fourth-order valence-corrected chi connectivity index (χ4v) is 1.63. The molecule has 1 heterocycles. The van der Waals surface area contributed by atoms with Gasteiger partial charge in [-0.3, -0.25) is 0 Å². The van der Waals surface area contributed by atoms with E-state index in [0.717, 1.165) is 31.6 Å². The normalized spacial score (nSPS) is 10.5. The van der Waals surface area contributed by atoms with Crippen LogP contribution < -0.4 is 15.8 Å². The van der Waals surface area contributed by atoms with E-state index in [1.165, 1.54) is 0 Å². The number of anilines is 2. The first-order valence-corrected chi connectivity index (χ1v) is 6.74. The Morgan fingerprint density at radius 3 is 2.68 bits per heavy atom. The van der Waals surface area contributed by atoms with Gasteiger partial charge in [-0.25, -0.2) is 4.98 Å². The highest BCUT2D eigenvalue weighted by Crippen LogP contribution is 2.26. The van der Waals surface area contributed by atoms with Crippen molar-refractivity contribution in [2.75, 3.05) is 37.9 Å². The van der Waals surface area contributed by atoms with Crippen LogP contribution in [0.25, 0.3) is 0 Å². The Morgan fingerprint density at radius 2 is 2.05 bits per heavy atom. The van der Waals surface area contributed by atoms with E-state index >= 15 is 0 Å². The lowest BCUT2D eigenvalue weighted by Gasteiger charge is -2.13. The van der Waals surface area contributed by atoms with Crippen LogP contribution in [0.4, 0.5) is 11.5 Å². The van der Waals surface area contributed by atoms with Crippen LogP contribution in [-0.4, -0.2) is 36.8 Å². The van der Waals surface area contributed by atoms with Crippen LogP contribution in [0.1, 0.15) is 32.5 Å². The van der Waals surface area contributed by atoms with Crippen LogP contribution in [0.3, 0.4) is 0 Å². The largest absolute Gasteiger partial charge is 0.476 e. The molecule has 108 valence electrons. The van der Waals surface area contributed by atoms with Crippen molar-refractivity contribution in [2.45, 2.75) is 33.1 Å². The van der Waals surface area contributed by atoms with Gasteiger partial charge in [0, 0.05) is 26.7 Å². The van der Waals surface area contributed by atoms with Gasteiger partial charge in [-0.05, 0) is 19.8 Å². The summed E-state index contributed by atoms with van der Waals surface area (Å²) >= 11 is 0. The molecule has 0 aliphatic carbocycles. The van der Waals surface area contributed by atoms with E-state index in [4.69, 9.17) is 15.2 Å². The minimum atomic E-state index is 0.468. The molecule has 0 aromatic carbocycles. The van der Waals surface area contributed by atoms with Crippen LogP contribution >= 0.6 is 0 Å². The first-order chi connectivity index (χ1) is 9.22. The minimum absolute atomic E-state index is 0.468. The zero-order valence-electron chi connectivity index (χ0n) is 12.0. The number of ether oxygens (including phenoxy) is 2. The SMILES string of the molecule is CCCc1nc(NCCCOC)c(N)c(OCC)n1. The zero-order chi connectivity index (χ0) is 14.1. The maximum absolute atomic E-state index is 6.01. The molecule has 0 radical (unpaired) electrons. The third-order valence-electron chi connectivity index (χ3n) is 2.53. The summed E-state index contributed by atoms with van der Waals surface area (Å²) in [5.74, 6) is 1.88. The average molecular weight is 268 g/mol. The number of nitrogens with two attached hydrogens (primary N) is 1. The molecule has 1 aromatic rings. The molecule has 6 heteroatoms. The van der Waals surface area contributed by atoms with Gasteiger partial charge >= 0.3 is 0 Å². The number of hydrogen-bond acceptors (Lipinski definition) is 6. The summed E-state index contributed by atoms with van der Waals surface area (Å²) in [5, 5.41) is 3.21. The quantitative estimate of drug-likeness (QED) is 0.665. The van der Waals surface area contributed by atoms with Gasteiger partial charge in [0.05, 0.1) is 6.61 Å². The van der Waals surface area contributed by atoms with Gasteiger partial charge in [0.2, 0.25) is 5.88 Å². The standard InChI is InChI=1S/C13H24N4O2/c1-4-7-10-16-12(15-8-6-9-18-3)11(14)13(17-10)19-5-2/h4-9,14H2,1-3H3,(H,15,16,17). The average Bonchev–Trinajstić information content (AvgIpc) is 2.40.